The van der Waals surface area contributed by atoms with Crippen molar-refractivity contribution in [2.24, 2.45) is 0 Å². The molecule has 0 saturated heterocycles. The van der Waals surface area contributed by atoms with Gasteiger partial charge in [0.05, 0.1) is 5.56 Å². The van der Waals surface area contributed by atoms with Gasteiger partial charge in [-0.05, 0) is 37.3 Å². The first kappa shape index (κ1) is 14.1. The SMILES string of the molecule is CSC1(CNC(=O)c2cc(O)ccc2O)CCCC1. The van der Waals surface area contributed by atoms with E-state index in [1.165, 1.54) is 31.0 Å². The molecule has 1 aliphatic rings. The van der Waals surface area contributed by atoms with Gasteiger partial charge in [-0.1, -0.05) is 12.8 Å². The number of aromatic hydroxyl groups is 2. The van der Waals surface area contributed by atoms with Crippen LogP contribution in [0.5, 0.6) is 11.5 Å². The summed E-state index contributed by atoms with van der Waals surface area (Å²) in [5.41, 5.74) is 0.120. The molecule has 0 unspecified atom stereocenters. The minimum atomic E-state index is -0.339. The number of benzene rings is 1. The Balaban J connectivity index is 2.03. The molecule has 1 fully saturated rings. The fourth-order valence-corrected chi connectivity index (χ4v) is 3.43. The van der Waals surface area contributed by atoms with E-state index in [9.17, 15) is 15.0 Å². The Bertz CT molecular complexity index is 470. The molecule has 1 saturated carbocycles. The average molecular weight is 281 g/mol. The summed E-state index contributed by atoms with van der Waals surface area (Å²) >= 11 is 1.80. The molecular formula is C14H19NO3S. The lowest BCUT2D eigenvalue weighted by molar-refractivity contribution is 0.0946. The lowest BCUT2D eigenvalue weighted by Crippen LogP contribution is -2.38. The standard InChI is InChI=1S/C14H19NO3S/c1-19-14(6-2-3-7-14)9-15-13(18)11-8-10(16)4-5-12(11)17/h4-5,8,16-17H,2-3,6-7,9H2,1H3,(H,15,18). The number of hydrogen-bond acceptors (Lipinski definition) is 4. The maximum Gasteiger partial charge on any atom is 0.255 e. The molecule has 1 amide bonds. The number of carbonyl (C=O) groups is 1. The predicted octanol–water partition coefficient (Wildman–Crippen LogP) is 2.50. The van der Waals surface area contributed by atoms with Gasteiger partial charge in [-0.3, -0.25) is 4.79 Å². The van der Waals surface area contributed by atoms with Gasteiger partial charge < -0.3 is 15.5 Å². The Labute approximate surface area is 117 Å². The highest BCUT2D eigenvalue weighted by Crippen LogP contribution is 2.39. The Morgan fingerprint density at radius 1 is 1.37 bits per heavy atom. The summed E-state index contributed by atoms with van der Waals surface area (Å²) in [4.78, 5) is 12.0. The van der Waals surface area contributed by atoms with Gasteiger partial charge >= 0.3 is 0 Å². The molecular weight excluding hydrogens is 262 g/mol. The van der Waals surface area contributed by atoms with Crippen molar-refractivity contribution >= 4 is 17.7 Å². The smallest absolute Gasteiger partial charge is 0.255 e. The van der Waals surface area contributed by atoms with Gasteiger partial charge in [-0.2, -0.15) is 11.8 Å². The third-order valence-corrected chi connectivity index (χ3v) is 5.16. The van der Waals surface area contributed by atoms with Gasteiger partial charge in [0.2, 0.25) is 0 Å². The zero-order chi connectivity index (χ0) is 13.9. The minimum Gasteiger partial charge on any atom is -0.508 e. The quantitative estimate of drug-likeness (QED) is 0.742. The van der Waals surface area contributed by atoms with Crippen molar-refractivity contribution in [3.63, 3.8) is 0 Å². The Hall–Kier alpha value is -1.36. The fraction of sp³-hybridized carbons (Fsp3) is 0.500. The summed E-state index contributed by atoms with van der Waals surface area (Å²) in [5, 5.41) is 21.9. The molecule has 4 nitrogen and oxygen atoms in total. The van der Waals surface area contributed by atoms with E-state index in [1.54, 1.807) is 11.8 Å². The molecule has 0 spiro atoms. The van der Waals surface area contributed by atoms with Crippen molar-refractivity contribution in [2.45, 2.75) is 30.4 Å². The number of hydrogen-bond donors (Lipinski definition) is 3. The van der Waals surface area contributed by atoms with E-state index in [-0.39, 0.29) is 27.7 Å². The van der Waals surface area contributed by atoms with Gasteiger partial charge in [-0.25, -0.2) is 0 Å². The van der Waals surface area contributed by atoms with Crippen LogP contribution in [0.2, 0.25) is 0 Å². The highest BCUT2D eigenvalue weighted by Gasteiger charge is 2.33. The van der Waals surface area contributed by atoms with E-state index >= 15 is 0 Å². The predicted molar refractivity (Wildman–Crippen MR) is 76.8 cm³/mol. The van der Waals surface area contributed by atoms with Crippen LogP contribution in [0.1, 0.15) is 36.0 Å². The second kappa shape index (κ2) is 5.74. The molecule has 0 radical (unpaired) electrons. The molecule has 2 rings (SSSR count). The Kier molecular flexibility index (Phi) is 4.24. The maximum absolute atomic E-state index is 12.0. The first-order valence-corrected chi connectivity index (χ1v) is 7.64. The Morgan fingerprint density at radius 2 is 2.05 bits per heavy atom. The van der Waals surface area contributed by atoms with Gasteiger partial charge in [0.1, 0.15) is 11.5 Å². The molecule has 1 aromatic carbocycles. The minimum absolute atomic E-state index is 0.0246. The molecule has 0 heterocycles. The summed E-state index contributed by atoms with van der Waals surface area (Å²) in [7, 11) is 0. The molecule has 3 N–H and O–H groups in total. The average Bonchev–Trinajstić information content (AvgIpc) is 2.88. The summed E-state index contributed by atoms with van der Waals surface area (Å²) in [6, 6.07) is 3.96. The van der Waals surface area contributed by atoms with Crippen molar-refractivity contribution in [2.75, 3.05) is 12.8 Å². The van der Waals surface area contributed by atoms with E-state index < -0.39 is 0 Å². The number of phenols is 2. The molecule has 1 aliphatic carbocycles. The lowest BCUT2D eigenvalue weighted by Gasteiger charge is -2.26. The van der Waals surface area contributed by atoms with E-state index in [0.717, 1.165) is 12.8 Å². The highest BCUT2D eigenvalue weighted by atomic mass is 32.2. The van der Waals surface area contributed by atoms with Crippen LogP contribution in [0.3, 0.4) is 0 Å². The van der Waals surface area contributed by atoms with Crippen molar-refractivity contribution in [3.8, 4) is 11.5 Å². The third-order valence-electron chi connectivity index (χ3n) is 3.74. The van der Waals surface area contributed by atoms with Crippen molar-refractivity contribution in [1.82, 2.24) is 5.32 Å². The van der Waals surface area contributed by atoms with E-state index in [1.807, 2.05) is 0 Å². The van der Waals surface area contributed by atoms with Crippen LogP contribution in [-0.4, -0.2) is 33.7 Å². The summed E-state index contributed by atoms with van der Waals surface area (Å²) in [6.45, 7) is 0.599. The van der Waals surface area contributed by atoms with Crippen molar-refractivity contribution in [3.05, 3.63) is 23.8 Å². The number of amides is 1. The van der Waals surface area contributed by atoms with Crippen LogP contribution in [-0.2, 0) is 0 Å². The molecule has 1 aromatic rings. The second-order valence-corrected chi connectivity index (χ2v) is 6.25. The summed E-state index contributed by atoms with van der Waals surface area (Å²) < 4.78 is 0.127. The normalized spacial score (nSPS) is 17.3. The maximum atomic E-state index is 12.0. The van der Waals surface area contributed by atoms with Crippen LogP contribution in [0.15, 0.2) is 18.2 Å². The largest absolute Gasteiger partial charge is 0.508 e. The van der Waals surface area contributed by atoms with Gasteiger partial charge in [0, 0.05) is 11.3 Å². The van der Waals surface area contributed by atoms with Crippen LogP contribution < -0.4 is 5.32 Å². The zero-order valence-electron chi connectivity index (χ0n) is 11.0. The van der Waals surface area contributed by atoms with Gasteiger partial charge in [0.25, 0.3) is 5.91 Å². The topological polar surface area (TPSA) is 69.6 Å². The van der Waals surface area contributed by atoms with Gasteiger partial charge in [0.15, 0.2) is 0 Å². The zero-order valence-corrected chi connectivity index (χ0v) is 11.8. The number of nitrogens with one attached hydrogen (secondary N) is 1. The van der Waals surface area contributed by atoms with E-state index in [2.05, 4.69) is 11.6 Å². The monoisotopic (exact) mass is 281 g/mol. The molecule has 19 heavy (non-hydrogen) atoms. The number of carbonyl (C=O) groups excluding carboxylic acids is 1. The number of rotatable bonds is 4. The lowest BCUT2D eigenvalue weighted by atomic mass is 10.1. The van der Waals surface area contributed by atoms with Crippen LogP contribution >= 0.6 is 11.8 Å². The Morgan fingerprint density at radius 3 is 2.68 bits per heavy atom. The first-order valence-electron chi connectivity index (χ1n) is 6.42. The van der Waals surface area contributed by atoms with Crippen molar-refractivity contribution in [1.29, 1.82) is 0 Å². The molecule has 0 aliphatic heterocycles. The first-order chi connectivity index (χ1) is 9.06. The molecule has 0 aromatic heterocycles. The number of phenolic OH excluding ortho intramolecular Hbond substituents is 2. The summed E-state index contributed by atoms with van der Waals surface area (Å²) in [6.07, 6.45) is 6.70. The fourth-order valence-electron chi connectivity index (χ4n) is 2.51. The van der Waals surface area contributed by atoms with Crippen LogP contribution in [0.4, 0.5) is 0 Å². The second-order valence-electron chi connectivity index (χ2n) is 4.98. The van der Waals surface area contributed by atoms with Crippen LogP contribution in [0, 0.1) is 0 Å². The highest BCUT2D eigenvalue weighted by molar-refractivity contribution is 8.00. The molecule has 104 valence electrons. The third kappa shape index (κ3) is 3.15. The number of thioether (sulfide) groups is 1. The van der Waals surface area contributed by atoms with E-state index in [4.69, 9.17) is 0 Å². The molecule has 5 heteroatoms. The van der Waals surface area contributed by atoms with Crippen LogP contribution in [0.25, 0.3) is 0 Å². The summed E-state index contributed by atoms with van der Waals surface area (Å²) in [5.74, 6) is -0.475. The molecule has 0 bridgehead atoms. The van der Waals surface area contributed by atoms with Crippen molar-refractivity contribution < 1.29 is 15.0 Å². The van der Waals surface area contributed by atoms with Gasteiger partial charge in [-0.15, -0.1) is 0 Å². The van der Waals surface area contributed by atoms with E-state index in [0.29, 0.717) is 6.54 Å². The molecule has 0 atom stereocenters.